The second-order valence-electron chi connectivity index (χ2n) is 12.6. The van der Waals surface area contributed by atoms with Crippen LogP contribution in [0.4, 0.5) is 48.6 Å². The molecule has 0 saturated carbocycles. The van der Waals surface area contributed by atoms with Crippen molar-refractivity contribution in [2.24, 2.45) is 13.0 Å². The molecular formula is C34H41F6N7O4. The second kappa shape index (κ2) is 15.0. The monoisotopic (exact) mass is 725 g/mol. The lowest BCUT2D eigenvalue weighted by atomic mass is 9.90. The van der Waals surface area contributed by atoms with E-state index in [-0.39, 0.29) is 49.1 Å². The zero-order chi connectivity index (χ0) is 37.2. The first-order valence-electron chi connectivity index (χ1n) is 16.8. The zero-order valence-corrected chi connectivity index (χ0v) is 29.0. The van der Waals surface area contributed by atoms with E-state index in [4.69, 9.17) is 9.47 Å². The van der Waals surface area contributed by atoms with Gasteiger partial charge in [-0.05, 0) is 70.2 Å². The Bertz CT molecular complexity index is 1680. The molecule has 3 aromatic rings. The number of benzene rings is 1. The lowest BCUT2D eigenvalue weighted by molar-refractivity contribution is -0.148. The van der Waals surface area contributed by atoms with Crippen LogP contribution in [0.25, 0.3) is 0 Å². The SMILES string of the molecule is CCOC(=O)C1CCCN(c2cnc(N(Cc3cc(C(F)(F)F)cc(C(F)(F)F)c3)C3CC(CC)N(C(=O)OCC)c4c3c(C)nn4C)nc2)C1. The summed E-state index contributed by atoms with van der Waals surface area (Å²) in [5.41, 5.74) is -1.51. The van der Waals surface area contributed by atoms with Gasteiger partial charge in [0.1, 0.15) is 5.82 Å². The number of rotatable bonds is 9. The highest BCUT2D eigenvalue weighted by atomic mass is 19.4. The van der Waals surface area contributed by atoms with Crippen LogP contribution in [0.2, 0.25) is 0 Å². The quantitative estimate of drug-likeness (QED) is 0.167. The number of carbonyl (C=O) groups excluding carboxylic acids is 2. The number of fused-ring (bicyclic) bond motifs is 1. The van der Waals surface area contributed by atoms with Crippen LogP contribution >= 0.6 is 0 Å². The maximum Gasteiger partial charge on any atom is 0.416 e. The molecule has 0 N–H and O–H groups in total. The number of piperidine rings is 1. The molecule has 2 aromatic heterocycles. The summed E-state index contributed by atoms with van der Waals surface area (Å²) in [6, 6.07) is 0.292. The van der Waals surface area contributed by atoms with Gasteiger partial charge in [0, 0.05) is 38.3 Å². The minimum atomic E-state index is -5.04. The molecule has 11 nitrogen and oxygen atoms in total. The number of amides is 1. The summed E-state index contributed by atoms with van der Waals surface area (Å²) >= 11 is 0. The number of hydrogen-bond donors (Lipinski definition) is 0. The number of alkyl halides is 6. The number of esters is 1. The summed E-state index contributed by atoms with van der Waals surface area (Å²) in [4.78, 5) is 39.9. The maximum absolute atomic E-state index is 13.9. The molecule has 1 amide bonds. The van der Waals surface area contributed by atoms with E-state index in [0.717, 1.165) is 6.42 Å². The van der Waals surface area contributed by atoms with Crippen LogP contribution in [0, 0.1) is 12.8 Å². The molecule has 0 spiro atoms. The number of carbonyl (C=O) groups is 2. The van der Waals surface area contributed by atoms with Crippen molar-refractivity contribution in [3.8, 4) is 0 Å². The molecule has 2 aliphatic rings. The molecule has 0 bridgehead atoms. The fourth-order valence-corrected chi connectivity index (χ4v) is 6.97. The first-order chi connectivity index (χ1) is 24.1. The van der Waals surface area contributed by atoms with Crippen LogP contribution in [0.3, 0.4) is 0 Å². The summed E-state index contributed by atoms with van der Waals surface area (Å²) in [6.07, 6.45) is -5.58. The van der Waals surface area contributed by atoms with Gasteiger partial charge < -0.3 is 19.3 Å². The lowest BCUT2D eigenvalue weighted by Crippen LogP contribution is -2.48. The molecule has 1 aromatic carbocycles. The molecule has 17 heteroatoms. The van der Waals surface area contributed by atoms with Gasteiger partial charge in [-0.25, -0.2) is 14.8 Å². The summed E-state index contributed by atoms with van der Waals surface area (Å²) < 4.78 is 95.6. The van der Waals surface area contributed by atoms with Gasteiger partial charge in [-0.2, -0.15) is 31.4 Å². The third kappa shape index (κ3) is 8.01. The van der Waals surface area contributed by atoms with Gasteiger partial charge in [0.05, 0.1) is 60.1 Å². The number of halogens is 6. The van der Waals surface area contributed by atoms with E-state index < -0.39 is 48.2 Å². The van der Waals surface area contributed by atoms with Crippen molar-refractivity contribution >= 4 is 29.5 Å². The van der Waals surface area contributed by atoms with Crippen molar-refractivity contribution in [1.29, 1.82) is 0 Å². The van der Waals surface area contributed by atoms with Crippen molar-refractivity contribution in [3.05, 3.63) is 58.5 Å². The van der Waals surface area contributed by atoms with Gasteiger partial charge in [-0.1, -0.05) is 6.92 Å². The molecule has 5 rings (SSSR count). The summed E-state index contributed by atoms with van der Waals surface area (Å²) in [5, 5.41) is 4.55. The fraction of sp³-hybridized carbons (Fsp3) is 0.559. The van der Waals surface area contributed by atoms with Crippen molar-refractivity contribution in [1.82, 2.24) is 19.7 Å². The molecule has 278 valence electrons. The number of aryl methyl sites for hydroxylation is 2. The van der Waals surface area contributed by atoms with Crippen molar-refractivity contribution < 1.29 is 45.4 Å². The van der Waals surface area contributed by atoms with Crippen LogP contribution in [-0.2, 0) is 40.2 Å². The molecule has 0 radical (unpaired) electrons. The Balaban J connectivity index is 1.61. The van der Waals surface area contributed by atoms with Gasteiger partial charge in [0.25, 0.3) is 0 Å². The molecule has 51 heavy (non-hydrogen) atoms. The van der Waals surface area contributed by atoms with Crippen LogP contribution < -0.4 is 14.7 Å². The number of hydrogen-bond acceptors (Lipinski definition) is 9. The molecule has 1 saturated heterocycles. The van der Waals surface area contributed by atoms with Gasteiger partial charge in [-0.15, -0.1) is 0 Å². The Hall–Kier alpha value is -4.57. The number of ether oxygens (including phenoxy) is 2. The third-order valence-corrected chi connectivity index (χ3v) is 9.26. The summed E-state index contributed by atoms with van der Waals surface area (Å²) in [7, 11) is 1.65. The summed E-state index contributed by atoms with van der Waals surface area (Å²) in [5.74, 6) is -0.204. The van der Waals surface area contributed by atoms with Crippen LogP contribution in [0.5, 0.6) is 0 Å². The number of anilines is 3. The maximum atomic E-state index is 13.9. The van der Waals surface area contributed by atoms with E-state index in [1.807, 2.05) is 11.8 Å². The molecular weight excluding hydrogens is 684 g/mol. The van der Waals surface area contributed by atoms with E-state index in [2.05, 4.69) is 15.1 Å². The van der Waals surface area contributed by atoms with E-state index in [1.54, 1.807) is 32.7 Å². The Labute approximate surface area is 291 Å². The van der Waals surface area contributed by atoms with Gasteiger partial charge in [0.15, 0.2) is 0 Å². The smallest absolute Gasteiger partial charge is 0.416 e. The average molecular weight is 726 g/mol. The van der Waals surface area contributed by atoms with Gasteiger partial charge in [0.2, 0.25) is 5.95 Å². The Morgan fingerprint density at radius 2 is 1.59 bits per heavy atom. The minimum Gasteiger partial charge on any atom is -0.466 e. The molecule has 1 fully saturated rings. The van der Waals surface area contributed by atoms with Gasteiger partial charge in [-0.3, -0.25) is 14.4 Å². The van der Waals surface area contributed by atoms with Gasteiger partial charge >= 0.3 is 24.4 Å². The Kier molecular flexibility index (Phi) is 11.1. The minimum absolute atomic E-state index is 0.0438. The Morgan fingerprint density at radius 1 is 0.961 bits per heavy atom. The first-order valence-corrected chi connectivity index (χ1v) is 16.8. The highest BCUT2D eigenvalue weighted by molar-refractivity contribution is 5.89. The largest absolute Gasteiger partial charge is 0.466 e. The standard InChI is InChI=1S/C34H41F6N7O4/c1-6-25-15-27(28-20(4)43-44(5)29(28)47(25)32(49)51-8-3)46(18-21-12-23(33(35,36)37)14-24(13-21)34(38,39)40)31-41-16-26(17-42-31)45-11-9-10-22(19-45)30(48)50-7-2/h12-14,16-17,22,25,27H,6-11,15,18-19H2,1-5H3. The normalized spacial score (nSPS) is 19.5. The first kappa shape index (κ1) is 37.7. The van der Waals surface area contributed by atoms with E-state index in [9.17, 15) is 35.9 Å². The fourth-order valence-electron chi connectivity index (χ4n) is 6.97. The molecule has 3 atom stereocenters. The average Bonchev–Trinajstić information content (AvgIpc) is 3.39. The van der Waals surface area contributed by atoms with E-state index >= 15 is 0 Å². The van der Waals surface area contributed by atoms with Crippen LogP contribution in [0.1, 0.15) is 80.4 Å². The molecule has 2 aliphatic heterocycles. The van der Waals surface area contributed by atoms with Crippen LogP contribution in [0.15, 0.2) is 30.6 Å². The predicted molar refractivity (Wildman–Crippen MR) is 175 cm³/mol. The van der Waals surface area contributed by atoms with Crippen molar-refractivity contribution in [3.63, 3.8) is 0 Å². The van der Waals surface area contributed by atoms with Crippen LogP contribution in [-0.4, -0.2) is 64.2 Å². The lowest BCUT2D eigenvalue weighted by Gasteiger charge is -2.43. The second-order valence-corrected chi connectivity index (χ2v) is 12.6. The zero-order valence-electron chi connectivity index (χ0n) is 29.0. The highest BCUT2D eigenvalue weighted by Gasteiger charge is 2.44. The number of nitrogens with zero attached hydrogens (tertiary/aromatic N) is 7. The van der Waals surface area contributed by atoms with Crippen molar-refractivity contribution in [2.45, 2.75) is 84.4 Å². The Morgan fingerprint density at radius 3 is 2.16 bits per heavy atom. The molecule has 3 unspecified atom stereocenters. The molecule has 0 aliphatic carbocycles. The topological polar surface area (TPSA) is 106 Å². The predicted octanol–water partition coefficient (Wildman–Crippen LogP) is 7.23. The summed E-state index contributed by atoms with van der Waals surface area (Å²) in [6.45, 7) is 7.92. The van der Waals surface area contributed by atoms with E-state index in [1.165, 1.54) is 22.0 Å². The highest BCUT2D eigenvalue weighted by Crippen LogP contribution is 2.45. The molecule has 4 heterocycles. The number of aromatic nitrogens is 4. The van der Waals surface area contributed by atoms with Crippen molar-refractivity contribution in [2.75, 3.05) is 41.0 Å². The van der Waals surface area contributed by atoms with E-state index in [0.29, 0.717) is 60.8 Å². The third-order valence-electron chi connectivity index (χ3n) is 9.26.